The Morgan fingerprint density at radius 3 is 2.21 bits per heavy atom. The molecule has 0 aromatic heterocycles. The number of thioether (sulfide) groups is 1. The fraction of sp³-hybridized carbons (Fsp3) is 0.270. The molecule has 2 fully saturated rings. The Morgan fingerprint density at radius 1 is 0.872 bits per heavy atom. The van der Waals surface area contributed by atoms with Gasteiger partial charge in [0, 0.05) is 22.1 Å². The Bertz CT molecular complexity index is 1670. The van der Waals surface area contributed by atoms with Gasteiger partial charge in [0.1, 0.15) is 12.6 Å². The standard InChI is InChI=1S/C37H36N2O7S/c1-24-32(23-47-30-10-6-3-7-11-30)45-36(46-34(24)27-14-12-25(21-40)13-15-27)28-16-18-29(19-17-28)39-33(41)20-31(35(39)42)38-37(43)44-22-26-8-4-2-5-9-26/h2-19,24,31-32,34,36,40H,20-23H2,1H3,(H,38,43)/t24-,31?,32+,34+,36+/m1/s1. The smallest absolute Gasteiger partial charge is 0.408 e. The van der Waals surface area contributed by atoms with E-state index < -0.39 is 30.2 Å². The zero-order valence-corrected chi connectivity index (χ0v) is 26.7. The minimum absolute atomic E-state index is 0.0328. The number of amides is 3. The van der Waals surface area contributed by atoms with Crippen molar-refractivity contribution >= 4 is 35.4 Å². The molecule has 10 heteroatoms. The van der Waals surface area contributed by atoms with Gasteiger partial charge in [-0.15, -0.1) is 11.8 Å². The van der Waals surface area contributed by atoms with Gasteiger partial charge in [-0.25, -0.2) is 9.69 Å². The molecule has 0 spiro atoms. The van der Waals surface area contributed by atoms with Gasteiger partial charge in [0.15, 0.2) is 6.29 Å². The Hall–Kier alpha value is -4.48. The largest absolute Gasteiger partial charge is 0.445 e. The summed E-state index contributed by atoms with van der Waals surface area (Å²) in [6.45, 7) is 2.14. The first-order valence-corrected chi connectivity index (χ1v) is 16.5. The molecule has 47 heavy (non-hydrogen) atoms. The molecular weight excluding hydrogens is 616 g/mol. The molecule has 242 valence electrons. The predicted molar refractivity (Wildman–Crippen MR) is 177 cm³/mol. The van der Waals surface area contributed by atoms with Crippen LogP contribution in [0.3, 0.4) is 0 Å². The second kappa shape index (κ2) is 15.0. The van der Waals surface area contributed by atoms with Crippen LogP contribution in [0, 0.1) is 5.92 Å². The summed E-state index contributed by atoms with van der Waals surface area (Å²) in [4.78, 5) is 40.7. The highest BCUT2D eigenvalue weighted by atomic mass is 32.2. The van der Waals surface area contributed by atoms with Crippen LogP contribution in [-0.4, -0.2) is 40.9 Å². The van der Waals surface area contributed by atoms with Crippen molar-refractivity contribution in [2.24, 2.45) is 5.92 Å². The normalized spacial score (nSPS) is 22.7. The summed E-state index contributed by atoms with van der Waals surface area (Å²) in [6.07, 6.45) is -2.03. The molecule has 2 aliphatic rings. The average Bonchev–Trinajstić information content (AvgIpc) is 3.39. The molecule has 2 heterocycles. The van der Waals surface area contributed by atoms with Crippen LogP contribution in [0.1, 0.15) is 48.0 Å². The lowest BCUT2D eigenvalue weighted by Gasteiger charge is -2.41. The topological polar surface area (TPSA) is 114 Å². The van der Waals surface area contributed by atoms with Gasteiger partial charge in [-0.2, -0.15) is 0 Å². The van der Waals surface area contributed by atoms with E-state index in [0.29, 0.717) is 11.4 Å². The van der Waals surface area contributed by atoms with Gasteiger partial charge >= 0.3 is 6.09 Å². The van der Waals surface area contributed by atoms with Gasteiger partial charge < -0.3 is 24.6 Å². The third kappa shape index (κ3) is 7.74. The zero-order chi connectivity index (χ0) is 32.8. The predicted octanol–water partition coefficient (Wildman–Crippen LogP) is 6.32. The van der Waals surface area contributed by atoms with Gasteiger partial charge in [-0.1, -0.05) is 91.9 Å². The van der Waals surface area contributed by atoms with Crippen LogP contribution in [0.5, 0.6) is 0 Å². The van der Waals surface area contributed by atoms with Crippen molar-refractivity contribution in [3.05, 3.63) is 131 Å². The minimum Gasteiger partial charge on any atom is -0.445 e. The first-order valence-electron chi connectivity index (χ1n) is 15.5. The zero-order valence-electron chi connectivity index (χ0n) is 25.9. The molecule has 0 aliphatic carbocycles. The molecule has 4 aromatic rings. The van der Waals surface area contributed by atoms with Gasteiger partial charge in [-0.05, 0) is 41.0 Å². The highest BCUT2D eigenvalue weighted by Gasteiger charge is 2.41. The number of hydrogen-bond acceptors (Lipinski definition) is 8. The lowest BCUT2D eigenvalue weighted by atomic mass is 9.91. The summed E-state index contributed by atoms with van der Waals surface area (Å²) < 4.78 is 18.3. The van der Waals surface area contributed by atoms with Crippen molar-refractivity contribution < 1.29 is 33.7 Å². The van der Waals surface area contributed by atoms with E-state index in [1.807, 2.05) is 72.8 Å². The third-order valence-electron chi connectivity index (χ3n) is 8.36. The number of aliphatic hydroxyl groups excluding tert-OH is 1. The number of nitrogens with one attached hydrogen (secondary N) is 1. The lowest BCUT2D eigenvalue weighted by Crippen LogP contribution is -2.42. The number of hydrogen-bond donors (Lipinski definition) is 2. The molecule has 2 saturated heterocycles. The molecule has 9 nitrogen and oxygen atoms in total. The summed E-state index contributed by atoms with van der Waals surface area (Å²) in [7, 11) is 0. The molecule has 6 rings (SSSR count). The maximum atomic E-state index is 13.2. The van der Waals surface area contributed by atoms with E-state index >= 15 is 0 Å². The minimum atomic E-state index is -1.02. The SMILES string of the molecule is C[C@@H]1[C@H](CSc2ccccc2)O[C@H](c2ccc(N3C(=O)CC(NC(=O)OCc4ccccc4)C3=O)cc2)O[C@@H]1c1ccc(CO)cc1. The summed E-state index contributed by atoms with van der Waals surface area (Å²) in [6, 6.07) is 33.0. The molecule has 2 aliphatic heterocycles. The highest BCUT2D eigenvalue weighted by Crippen LogP contribution is 2.43. The summed E-state index contributed by atoms with van der Waals surface area (Å²) >= 11 is 1.72. The third-order valence-corrected chi connectivity index (χ3v) is 9.46. The van der Waals surface area contributed by atoms with Crippen LogP contribution < -0.4 is 10.2 Å². The lowest BCUT2D eigenvalue weighted by molar-refractivity contribution is -0.268. The first kappa shape index (κ1) is 32.5. The van der Waals surface area contributed by atoms with E-state index in [9.17, 15) is 19.5 Å². The summed E-state index contributed by atoms with van der Waals surface area (Å²) in [5.41, 5.74) is 3.76. The Balaban J connectivity index is 1.14. The van der Waals surface area contributed by atoms with Crippen molar-refractivity contribution in [2.45, 2.75) is 56.0 Å². The van der Waals surface area contributed by atoms with E-state index in [4.69, 9.17) is 14.2 Å². The Morgan fingerprint density at radius 2 is 1.53 bits per heavy atom. The summed E-state index contributed by atoms with van der Waals surface area (Å²) in [5.74, 6) is -0.194. The molecule has 0 radical (unpaired) electrons. The molecule has 1 unspecified atom stereocenters. The van der Waals surface area contributed by atoms with E-state index in [1.165, 1.54) is 0 Å². The van der Waals surface area contributed by atoms with Gasteiger partial charge in [-0.3, -0.25) is 9.59 Å². The van der Waals surface area contributed by atoms with Crippen molar-refractivity contribution in [3.8, 4) is 0 Å². The quantitative estimate of drug-likeness (QED) is 0.151. The molecular formula is C37H36N2O7S. The molecule has 2 N–H and O–H groups in total. The van der Waals surface area contributed by atoms with Gasteiger partial charge in [0.2, 0.25) is 5.91 Å². The van der Waals surface area contributed by atoms with Crippen molar-refractivity contribution in [2.75, 3.05) is 10.7 Å². The second-order valence-corrected chi connectivity index (χ2v) is 12.7. The number of anilines is 1. The number of nitrogens with zero attached hydrogens (tertiary/aromatic N) is 1. The number of imide groups is 1. The number of carbonyl (C=O) groups excluding carboxylic acids is 3. The number of rotatable bonds is 10. The Labute approximate surface area is 277 Å². The van der Waals surface area contributed by atoms with E-state index in [-0.39, 0.29) is 37.8 Å². The van der Waals surface area contributed by atoms with Crippen LogP contribution in [0.25, 0.3) is 0 Å². The maximum Gasteiger partial charge on any atom is 0.408 e. The molecule has 0 saturated carbocycles. The number of benzene rings is 4. The van der Waals surface area contributed by atoms with Crippen LogP contribution in [0.2, 0.25) is 0 Å². The second-order valence-electron chi connectivity index (χ2n) is 11.6. The number of ether oxygens (including phenoxy) is 3. The average molecular weight is 653 g/mol. The fourth-order valence-corrected chi connectivity index (χ4v) is 6.80. The number of aliphatic hydroxyl groups is 1. The highest BCUT2D eigenvalue weighted by molar-refractivity contribution is 7.99. The molecule has 4 aromatic carbocycles. The van der Waals surface area contributed by atoms with Crippen molar-refractivity contribution in [3.63, 3.8) is 0 Å². The van der Waals surface area contributed by atoms with Crippen LogP contribution in [0.4, 0.5) is 10.5 Å². The van der Waals surface area contributed by atoms with Crippen LogP contribution >= 0.6 is 11.8 Å². The van der Waals surface area contributed by atoms with E-state index in [2.05, 4.69) is 24.4 Å². The molecule has 0 bridgehead atoms. The summed E-state index contributed by atoms with van der Waals surface area (Å²) in [5, 5.41) is 12.0. The Kier molecular flexibility index (Phi) is 10.3. The van der Waals surface area contributed by atoms with E-state index in [0.717, 1.165) is 32.0 Å². The maximum absolute atomic E-state index is 13.2. The van der Waals surface area contributed by atoms with Gasteiger partial charge in [0.05, 0.1) is 30.9 Å². The van der Waals surface area contributed by atoms with Crippen molar-refractivity contribution in [1.29, 1.82) is 0 Å². The van der Waals surface area contributed by atoms with Gasteiger partial charge in [0.25, 0.3) is 5.91 Å². The molecule has 5 atom stereocenters. The fourth-order valence-electron chi connectivity index (χ4n) is 5.71. The first-order chi connectivity index (χ1) is 22.9. The van der Waals surface area contributed by atoms with Crippen molar-refractivity contribution in [1.82, 2.24) is 5.32 Å². The van der Waals surface area contributed by atoms with Crippen LogP contribution in [-0.2, 0) is 37.0 Å². The number of alkyl carbamates (subject to hydrolysis) is 1. The molecule has 3 amide bonds. The van der Waals surface area contributed by atoms with Crippen LogP contribution in [0.15, 0.2) is 114 Å². The van der Waals surface area contributed by atoms with E-state index in [1.54, 1.807) is 36.0 Å². The number of carbonyl (C=O) groups is 3. The monoisotopic (exact) mass is 652 g/mol.